The third kappa shape index (κ3) is 18.3. The van der Waals surface area contributed by atoms with Gasteiger partial charge in [0.2, 0.25) is 0 Å². The zero-order valence-corrected chi connectivity index (χ0v) is 33.9. The Morgan fingerprint density at radius 1 is 0.540 bits per heavy atom. The number of carbonyl (C=O) groups is 3. The highest BCUT2D eigenvalue weighted by atomic mass is 16.5. The summed E-state index contributed by atoms with van der Waals surface area (Å²) in [6.07, 6.45) is 28.0. The van der Waals surface area contributed by atoms with Gasteiger partial charge in [-0.25, -0.2) is 0 Å². The molecule has 0 heterocycles. The van der Waals surface area contributed by atoms with Crippen molar-refractivity contribution >= 4 is 17.9 Å². The minimum atomic E-state index is -1.13. The number of esters is 1. The van der Waals surface area contributed by atoms with Crippen LogP contribution in [0.15, 0.2) is 0 Å². The first-order chi connectivity index (χ1) is 24.0. The van der Waals surface area contributed by atoms with Gasteiger partial charge in [0, 0.05) is 0 Å². The maximum absolute atomic E-state index is 14.0. The van der Waals surface area contributed by atoms with Crippen LogP contribution >= 0.6 is 0 Å². The number of carboxylic acid groups (broad SMARTS) is 2. The highest BCUT2D eigenvalue weighted by molar-refractivity contribution is 5.83. The van der Waals surface area contributed by atoms with Gasteiger partial charge in [0.25, 0.3) is 0 Å². The van der Waals surface area contributed by atoms with Gasteiger partial charge in [0.05, 0.1) is 17.8 Å². The Labute approximate surface area is 309 Å². The number of hydrogen-bond acceptors (Lipinski definition) is 4. The van der Waals surface area contributed by atoms with Crippen molar-refractivity contribution < 1.29 is 29.3 Å². The molecule has 0 saturated heterocycles. The van der Waals surface area contributed by atoms with Crippen LogP contribution in [-0.4, -0.2) is 34.2 Å². The summed E-state index contributed by atoms with van der Waals surface area (Å²) in [5, 5.41) is 19.6. The minimum absolute atomic E-state index is 0.0510. The third-order valence-corrected chi connectivity index (χ3v) is 12.3. The minimum Gasteiger partial charge on any atom is -0.481 e. The lowest BCUT2D eigenvalue weighted by Gasteiger charge is -2.39. The van der Waals surface area contributed by atoms with Gasteiger partial charge in [-0.3, -0.25) is 14.4 Å². The van der Waals surface area contributed by atoms with Gasteiger partial charge in [0.15, 0.2) is 0 Å². The van der Waals surface area contributed by atoms with Gasteiger partial charge in [0.1, 0.15) is 6.10 Å². The monoisotopic (exact) mass is 707 g/mol. The van der Waals surface area contributed by atoms with Crippen LogP contribution in [0.1, 0.15) is 209 Å². The topological polar surface area (TPSA) is 101 Å². The molecule has 0 aromatic heterocycles. The van der Waals surface area contributed by atoms with E-state index >= 15 is 0 Å². The highest BCUT2D eigenvalue weighted by Crippen LogP contribution is 2.42. The number of rotatable bonds is 32. The normalized spacial score (nSPS) is 21.3. The molecule has 0 bridgehead atoms. The van der Waals surface area contributed by atoms with Crippen molar-refractivity contribution in [3.05, 3.63) is 0 Å². The molecule has 0 aromatic rings. The molecule has 2 N–H and O–H groups in total. The molecule has 0 aliphatic heterocycles. The molecule has 1 fully saturated rings. The Morgan fingerprint density at radius 2 is 0.920 bits per heavy atom. The van der Waals surface area contributed by atoms with Crippen LogP contribution in [-0.2, 0) is 19.1 Å². The summed E-state index contributed by atoms with van der Waals surface area (Å²) in [5.41, 5.74) is 0. The van der Waals surface area contributed by atoms with Crippen LogP contribution in [0.25, 0.3) is 0 Å². The molecular formula is C44H82O6. The first-order valence-corrected chi connectivity index (χ1v) is 21.7. The molecule has 0 radical (unpaired) electrons. The number of ether oxygens (including phenoxy) is 1. The van der Waals surface area contributed by atoms with Gasteiger partial charge in [-0.05, 0) is 55.3 Å². The predicted molar refractivity (Wildman–Crippen MR) is 208 cm³/mol. The number of hydrogen-bond donors (Lipinski definition) is 2. The van der Waals surface area contributed by atoms with E-state index in [-0.39, 0.29) is 36.8 Å². The molecule has 294 valence electrons. The maximum atomic E-state index is 14.0. The van der Waals surface area contributed by atoms with Crippen LogP contribution in [0.4, 0.5) is 0 Å². The zero-order valence-electron chi connectivity index (χ0n) is 33.9. The van der Waals surface area contributed by atoms with E-state index in [0.29, 0.717) is 17.8 Å². The highest BCUT2D eigenvalue weighted by Gasteiger charge is 2.47. The third-order valence-electron chi connectivity index (χ3n) is 12.3. The van der Waals surface area contributed by atoms with E-state index in [1.807, 2.05) is 0 Å². The smallest absolute Gasteiger partial charge is 0.309 e. The maximum Gasteiger partial charge on any atom is 0.309 e. The second-order valence-corrected chi connectivity index (χ2v) is 16.7. The molecule has 0 amide bonds. The molecule has 8 atom stereocenters. The van der Waals surface area contributed by atoms with Crippen molar-refractivity contribution in [2.75, 3.05) is 0 Å². The largest absolute Gasteiger partial charge is 0.481 e. The van der Waals surface area contributed by atoms with Crippen LogP contribution in [0, 0.1) is 47.3 Å². The van der Waals surface area contributed by atoms with Gasteiger partial charge in [-0.15, -0.1) is 0 Å². The molecule has 0 aromatic carbocycles. The Bertz CT molecular complexity index is 866. The lowest BCUT2D eigenvalue weighted by Crippen LogP contribution is -2.39. The summed E-state index contributed by atoms with van der Waals surface area (Å²) >= 11 is 0. The van der Waals surface area contributed by atoms with Gasteiger partial charge < -0.3 is 14.9 Å². The first kappa shape index (κ1) is 46.4. The van der Waals surface area contributed by atoms with Crippen molar-refractivity contribution in [2.45, 2.75) is 215 Å². The first-order valence-electron chi connectivity index (χ1n) is 21.7. The average Bonchev–Trinajstić information content (AvgIpc) is 3.56. The van der Waals surface area contributed by atoms with E-state index in [1.165, 1.54) is 122 Å². The lowest BCUT2D eigenvalue weighted by atomic mass is 9.71. The summed E-state index contributed by atoms with van der Waals surface area (Å²) in [4.78, 5) is 38.0. The second kappa shape index (κ2) is 28.0. The summed E-state index contributed by atoms with van der Waals surface area (Å²) in [7, 11) is 0. The van der Waals surface area contributed by atoms with E-state index in [9.17, 15) is 24.6 Å². The summed E-state index contributed by atoms with van der Waals surface area (Å²) < 4.78 is 6.66. The Balaban J connectivity index is 3.42. The van der Waals surface area contributed by atoms with Crippen molar-refractivity contribution in [1.29, 1.82) is 0 Å². The fourth-order valence-electron chi connectivity index (χ4n) is 8.79. The van der Waals surface area contributed by atoms with Crippen LogP contribution in [0.2, 0.25) is 0 Å². The number of aliphatic carboxylic acids is 2. The van der Waals surface area contributed by atoms with E-state index < -0.39 is 29.7 Å². The lowest BCUT2D eigenvalue weighted by molar-refractivity contribution is -0.162. The molecule has 8 unspecified atom stereocenters. The van der Waals surface area contributed by atoms with E-state index in [2.05, 4.69) is 48.5 Å². The summed E-state index contributed by atoms with van der Waals surface area (Å²) in [5.74, 6) is -3.35. The van der Waals surface area contributed by atoms with Gasteiger partial charge in [-0.1, -0.05) is 183 Å². The predicted octanol–water partition coefficient (Wildman–Crippen LogP) is 12.9. The van der Waals surface area contributed by atoms with Crippen molar-refractivity contribution in [1.82, 2.24) is 0 Å². The molecule has 0 spiro atoms. The number of unbranched alkanes of at least 4 members (excludes halogenated alkanes) is 14. The molecule has 6 heteroatoms. The Hall–Kier alpha value is -1.59. The number of carboxylic acids is 2. The fraction of sp³-hybridized carbons (Fsp3) is 0.932. The SMILES string of the molecule is CCCCCCCCC(CC(C(C)CCCCCC)C(OC(=O)C1CC(C(=O)O)C(C(=O)O)C1)C(C)CCCCCC)C(C)CCCCCC. The average molecular weight is 707 g/mol. The molecule has 1 aliphatic rings. The van der Waals surface area contributed by atoms with Crippen LogP contribution in [0.3, 0.4) is 0 Å². The van der Waals surface area contributed by atoms with Crippen molar-refractivity contribution in [3.8, 4) is 0 Å². The molecular weight excluding hydrogens is 624 g/mol. The Morgan fingerprint density at radius 3 is 1.38 bits per heavy atom. The van der Waals surface area contributed by atoms with Crippen molar-refractivity contribution in [2.24, 2.45) is 47.3 Å². The van der Waals surface area contributed by atoms with Crippen LogP contribution in [0.5, 0.6) is 0 Å². The van der Waals surface area contributed by atoms with Crippen molar-refractivity contribution in [3.63, 3.8) is 0 Å². The van der Waals surface area contributed by atoms with E-state index in [0.717, 1.165) is 25.7 Å². The molecule has 1 aliphatic carbocycles. The van der Waals surface area contributed by atoms with Crippen LogP contribution < -0.4 is 0 Å². The Kier molecular flexibility index (Phi) is 26.0. The quantitative estimate of drug-likeness (QED) is 0.0533. The molecule has 1 rings (SSSR count). The molecule has 1 saturated carbocycles. The van der Waals surface area contributed by atoms with Gasteiger partial charge >= 0.3 is 17.9 Å². The second-order valence-electron chi connectivity index (χ2n) is 16.7. The van der Waals surface area contributed by atoms with E-state index in [1.54, 1.807) is 0 Å². The summed E-state index contributed by atoms with van der Waals surface area (Å²) in [6.45, 7) is 16.2. The number of carbonyl (C=O) groups excluding carboxylic acids is 1. The molecule has 50 heavy (non-hydrogen) atoms. The fourth-order valence-corrected chi connectivity index (χ4v) is 8.79. The summed E-state index contributed by atoms with van der Waals surface area (Å²) in [6, 6.07) is 0. The zero-order chi connectivity index (χ0) is 37.3. The van der Waals surface area contributed by atoms with Gasteiger partial charge in [-0.2, -0.15) is 0 Å². The molecule has 6 nitrogen and oxygen atoms in total. The standard InChI is InChI=1S/C44H82O6/c1-8-12-16-20-21-25-29-36(33(5)26-22-17-13-9-2)30-38(34(6)27-23-18-14-10-3)41(35(7)28-24-19-15-11-4)50-44(49)37-31-39(42(45)46)40(32-37)43(47)48/h33-41H,8-32H2,1-7H3,(H,45,46)(H,47,48). The van der Waals surface area contributed by atoms with E-state index in [4.69, 9.17) is 4.74 Å².